The van der Waals surface area contributed by atoms with Crippen molar-refractivity contribution in [1.82, 2.24) is 15.3 Å². The van der Waals surface area contributed by atoms with Crippen molar-refractivity contribution in [3.05, 3.63) is 78.1 Å². The third-order valence-electron chi connectivity index (χ3n) is 4.75. The number of amides is 1. The van der Waals surface area contributed by atoms with E-state index in [1.165, 1.54) is 6.08 Å². The smallest absolute Gasteiger partial charge is 0.326 e. The lowest BCUT2D eigenvalue weighted by atomic mass is 10.0. The molecule has 4 rings (SSSR count). The molecule has 0 saturated carbocycles. The van der Waals surface area contributed by atoms with Gasteiger partial charge in [0.15, 0.2) is 0 Å². The molecule has 2 aromatic carbocycles. The van der Waals surface area contributed by atoms with Crippen LogP contribution in [0.15, 0.2) is 67.0 Å². The lowest BCUT2D eigenvalue weighted by Gasteiger charge is -2.12. The van der Waals surface area contributed by atoms with E-state index in [4.69, 9.17) is 0 Å². The van der Waals surface area contributed by atoms with Gasteiger partial charge in [-0.2, -0.15) is 0 Å². The largest absolute Gasteiger partial charge is 0.480 e. The van der Waals surface area contributed by atoms with E-state index in [0.29, 0.717) is 0 Å². The highest BCUT2D eigenvalue weighted by atomic mass is 16.4. The minimum Gasteiger partial charge on any atom is -0.480 e. The first-order chi connectivity index (χ1) is 13.6. The molecular weight excluding hydrogens is 354 g/mol. The number of aliphatic carboxylic acids is 1. The fourth-order valence-corrected chi connectivity index (χ4v) is 3.34. The summed E-state index contributed by atoms with van der Waals surface area (Å²) in [5, 5.41) is 14.1. The molecule has 2 aromatic heterocycles. The molecule has 4 N–H and O–H groups in total. The molecule has 4 aromatic rings. The first-order valence-electron chi connectivity index (χ1n) is 8.94. The molecule has 0 aliphatic carbocycles. The molecule has 6 heteroatoms. The number of aromatic amines is 2. The van der Waals surface area contributed by atoms with Gasteiger partial charge < -0.3 is 20.4 Å². The third-order valence-corrected chi connectivity index (χ3v) is 4.75. The van der Waals surface area contributed by atoms with Crippen LogP contribution in [-0.4, -0.2) is 33.0 Å². The Labute approximate surface area is 160 Å². The first-order valence-corrected chi connectivity index (χ1v) is 8.94. The second-order valence-electron chi connectivity index (χ2n) is 6.59. The zero-order chi connectivity index (χ0) is 19.5. The predicted molar refractivity (Wildman–Crippen MR) is 109 cm³/mol. The SMILES string of the molecule is O=C(/C=C/c1c[nH]c2ccccc12)NC(Cc1c[nH]c2ccccc12)C(=O)O. The van der Waals surface area contributed by atoms with E-state index in [1.54, 1.807) is 12.3 Å². The highest BCUT2D eigenvalue weighted by Gasteiger charge is 2.21. The number of carboxylic acid groups (broad SMARTS) is 1. The van der Waals surface area contributed by atoms with Gasteiger partial charge in [-0.15, -0.1) is 0 Å². The van der Waals surface area contributed by atoms with Crippen molar-refractivity contribution in [3.8, 4) is 0 Å². The highest BCUT2D eigenvalue weighted by Crippen LogP contribution is 2.20. The Balaban J connectivity index is 1.48. The van der Waals surface area contributed by atoms with Crippen molar-refractivity contribution in [2.75, 3.05) is 0 Å². The Morgan fingerprint density at radius 2 is 1.61 bits per heavy atom. The van der Waals surface area contributed by atoms with E-state index >= 15 is 0 Å². The topological polar surface area (TPSA) is 98.0 Å². The molecule has 0 aliphatic heterocycles. The zero-order valence-corrected chi connectivity index (χ0v) is 15.0. The van der Waals surface area contributed by atoms with Gasteiger partial charge in [-0.05, 0) is 29.3 Å². The van der Waals surface area contributed by atoms with Crippen LogP contribution in [0.3, 0.4) is 0 Å². The summed E-state index contributed by atoms with van der Waals surface area (Å²) in [7, 11) is 0. The van der Waals surface area contributed by atoms with E-state index in [2.05, 4.69) is 15.3 Å². The van der Waals surface area contributed by atoms with Gasteiger partial charge >= 0.3 is 5.97 Å². The van der Waals surface area contributed by atoms with Crippen molar-refractivity contribution in [2.45, 2.75) is 12.5 Å². The second kappa shape index (κ2) is 7.44. The van der Waals surface area contributed by atoms with Crippen LogP contribution in [-0.2, 0) is 16.0 Å². The number of nitrogens with one attached hydrogen (secondary N) is 3. The fourth-order valence-electron chi connectivity index (χ4n) is 3.34. The van der Waals surface area contributed by atoms with Gasteiger partial charge in [0.1, 0.15) is 6.04 Å². The number of aromatic nitrogens is 2. The molecule has 2 heterocycles. The molecule has 140 valence electrons. The Morgan fingerprint density at radius 3 is 2.36 bits per heavy atom. The van der Waals surface area contributed by atoms with Crippen LogP contribution >= 0.6 is 0 Å². The van der Waals surface area contributed by atoms with Gasteiger partial charge in [-0.3, -0.25) is 4.79 Å². The average Bonchev–Trinajstić information content (AvgIpc) is 3.30. The Bertz CT molecular complexity index is 1190. The Hall–Kier alpha value is -3.80. The van der Waals surface area contributed by atoms with E-state index in [0.717, 1.165) is 32.9 Å². The summed E-state index contributed by atoms with van der Waals surface area (Å²) in [6.07, 6.45) is 6.84. The monoisotopic (exact) mass is 373 g/mol. The van der Waals surface area contributed by atoms with Crippen LogP contribution in [0, 0.1) is 0 Å². The molecule has 0 bridgehead atoms. The number of carbonyl (C=O) groups is 2. The third kappa shape index (κ3) is 3.53. The van der Waals surface area contributed by atoms with Gasteiger partial charge in [-0.25, -0.2) is 4.79 Å². The summed E-state index contributed by atoms with van der Waals surface area (Å²) in [6, 6.07) is 14.4. The number of hydrogen-bond donors (Lipinski definition) is 4. The van der Waals surface area contributed by atoms with Crippen LogP contribution in [0.4, 0.5) is 0 Å². The number of hydrogen-bond acceptors (Lipinski definition) is 2. The van der Waals surface area contributed by atoms with E-state index < -0.39 is 17.9 Å². The van der Waals surface area contributed by atoms with Crippen molar-refractivity contribution in [1.29, 1.82) is 0 Å². The summed E-state index contributed by atoms with van der Waals surface area (Å²) in [5.74, 6) is -1.52. The highest BCUT2D eigenvalue weighted by molar-refractivity contribution is 5.97. The van der Waals surface area contributed by atoms with E-state index in [-0.39, 0.29) is 6.42 Å². The van der Waals surface area contributed by atoms with Gasteiger partial charge in [-0.1, -0.05) is 36.4 Å². The first kappa shape index (κ1) is 17.6. The molecule has 1 unspecified atom stereocenters. The van der Waals surface area contributed by atoms with Crippen LogP contribution in [0.25, 0.3) is 27.9 Å². The molecule has 0 fully saturated rings. The van der Waals surface area contributed by atoms with Crippen molar-refractivity contribution < 1.29 is 14.7 Å². The minimum absolute atomic E-state index is 0.200. The Morgan fingerprint density at radius 1 is 0.964 bits per heavy atom. The molecule has 1 amide bonds. The molecule has 28 heavy (non-hydrogen) atoms. The minimum atomic E-state index is -1.07. The van der Waals surface area contributed by atoms with Crippen molar-refractivity contribution in [3.63, 3.8) is 0 Å². The normalized spacial score (nSPS) is 12.6. The number of H-pyrrole nitrogens is 2. The summed E-state index contributed by atoms with van der Waals surface area (Å²) >= 11 is 0. The lowest BCUT2D eigenvalue weighted by Crippen LogP contribution is -2.41. The number of carbonyl (C=O) groups excluding carboxylic acids is 1. The number of para-hydroxylation sites is 2. The van der Waals surface area contributed by atoms with Gasteiger partial charge in [0, 0.05) is 46.7 Å². The van der Waals surface area contributed by atoms with Crippen LogP contribution in [0.2, 0.25) is 0 Å². The molecule has 6 nitrogen and oxygen atoms in total. The summed E-state index contributed by atoms with van der Waals surface area (Å²) in [4.78, 5) is 30.2. The average molecular weight is 373 g/mol. The summed E-state index contributed by atoms with van der Waals surface area (Å²) in [6.45, 7) is 0. The summed E-state index contributed by atoms with van der Waals surface area (Å²) in [5.41, 5.74) is 3.63. The maximum absolute atomic E-state index is 12.3. The van der Waals surface area contributed by atoms with Crippen LogP contribution in [0.1, 0.15) is 11.1 Å². The quantitative estimate of drug-likeness (QED) is 0.390. The number of benzene rings is 2. The second-order valence-corrected chi connectivity index (χ2v) is 6.59. The van der Waals surface area contributed by atoms with Crippen molar-refractivity contribution >= 4 is 39.8 Å². The lowest BCUT2D eigenvalue weighted by molar-refractivity contribution is -0.141. The maximum Gasteiger partial charge on any atom is 0.326 e. The van der Waals surface area contributed by atoms with Gasteiger partial charge in [0.05, 0.1) is 0 Å². The van der Waals surface area contributed by atoms with Gasteiger partial charge in [0.25, 0.3) is 0 Å². The number of fused-ring (bicyclic) bond motifs is 2. The zero-order valence-electron chi connectivity index (χ0n) is 15.0. The molecule has 0 spiro atoms. The standard InChI is InChI=1S/C22H19N3O3/c26-21(10-9-14-12-23-18-7-3-1-5-16(14)18)25-20(22(27)28)11-15-13-24-19-8-4-2-6-17(15)19/h1-10,12-13,20,23-24H,11H2,(H,25,26)(H,27,28)/b10-9+. The van der Waals surface area contributed by atoms with Gasteiger partial charge in [0.2, 0.25) is 5.91 Å². The molecule has 0 saturated heterocycles. The van der Waals surface area contributed by atoms with Crippen molar-refractivity contribution in [2.24, 2.45) is 0 Å². The maximum atomic E-state index is 12.3. The molecule has 0 aliphatic rings. The predicted octanol–water partition coefficient (Wildman–Crippen LogP) is 3.47. The molecule has 1 atom stereocenters. The van der Waals surface area contributed by atoms with Crippen LogP contribution < -0.4 is 5.32 Å². The Kier molecular flexibility index (Phi) is 4.68. The van der Waals surface area contributed by atoms with Crippen LogP contribution in [0.5, 0.6) is 0 Å². The van der Waals surface area contributed by atoms with E-state index in [9.17, 15) is 14.7 Å². The number of carboxylic acids is 1. The molecule has 0 radical (unpaired) electrons. The van der Waals surface area contributed by atoms with E-state index in [1.807, 2.05) is 54.7 Å². The molecular formula is C22H19N3O3. The summed E-state index contributed by atoms with van der Waals surface area (Å²) < 4.78 is 0. The fraction of sp³-hybridized carbons (Fsp3) is 0.0909. The number of rotatable bonds is 6.